The Kier molecular flexibility index (Phi) is 8.42. The monoisotopic (exact) mass is 481 g/mol. The standard InChI is InChI=1S/C28H36FN3O3/c1-22-18-23(2)32(30-22)15-7-17-34-25-9-5-8-24(19-25)20-31-14-6-12-28(33,13-16-31)21-35-27-11-4-3-10-26(27)29/h3-5,8-11,18-19,33H,6-7,12-17,20-21H2,1-2H3. The highest BCUT2D eigenvalue weighted by atomic mass is 19.1. The van der Waals surface area contributed by atoms with Crippen LogP contribution in [0.3, 0.4) is 0 Å². The van der Waals surface area contributed by atoms with E-state index in [0.29, 0.717) is 19.4 Å². The van der Waals surface area contributed by atoms with Crippen molar-refractivity contribution in [2.24, 2.45) is 0 Å². The van der Waals surface area contributed by atoms with Crippen LogP contribution in [-0.2, 0) is 13.1 Å². The van der Waals surface area contributed by atoms with E-state index in [1.54, 1.807) is 18.2 Å². The van der Waals surface area contributed by atoms with E-state index in [9.17, 15) is 9.50 Å². The number of aromatic nitrogens is 2. The number of halogens is 1. The number of aliphatic hydroxyl groups is 1. The minimum Gasteiger partial charge on any atom is -0.494 e. The van der Waals surface area contributed by atoms with Crippen LogP contribution in [0.25, 0.3) is 0 Å². The Balaban J connectivity index is 1.23. The molecule has 1 aromatic heterocycles. The van der Waals surface area contributed by atoms with Gasteiger partial charge in [-0.15, -0.1) is 0 Å². The summed E-state index contributed by atoms with van der Waals surface area (Å²) in [5.74, 6) is 0.661. The number of likely N-dealkylation sites (tertiary alicyclic amines) is 1. The lowest BCUT2D eigenvalue weighted by molar-refractivity contribution is -0.0177. The molecule has 6 nitrogen and oxygen atoms in total. The lowest BCUT2D eigenvalue weighted by atomic mass is 9.96. The maximum Gasteiger partial charge on any atom is 0.165 e. The van der Waals surface area contributed by atoms with E-state index in [2.05, 4.69) is 35.1 Å². The van der Waals surface area contributed by atoms with Gasteiger partial charge in [0.1, 0.15) is 12.4 Å². The number of para-hydroxylation sites is 1. The average molecular weight is 482 g/mol. The molecule has 1 N–H and O–H groups in total. The summed E-state index contributed by atoms with van der Waals surface area (Å²) in [7, 11) is 0. The zero-order valence-electron chi connectivity index (χ0n) is 20.8. The zero-order valence-corrected chi connectivity index (χ0v) is 20.8. The first kappa shape index (κ1) is 25.2. The Hall–Kier alpha value is -2.90. The summed E-state index contributed by atoms with van der Waals surface area (Å²) in [5.41, 5.74) is 2.45. The summed E-state index contributed by atoms with van der Waals surface area (Å²) in [4.78, 5) is 2.35. The summed E-state index contributed by atoms with van der Waals surface area (Å²) in [5, 5.41) is 15.5. The summed E-state index contributed by atoms with van der Waals surface area (Å²) < 4.78 is 27.5. The largest absolute Gasteiger partial charge is 0.494 e. The molecule has 0 bridgehead atoms. The van der Waals surface area contributed by atoms with Crippen molar-refractivity contribution in [1.29, 1.82) is 0 Å². The number of hydrogen-bond acceptors (Lipinski definition) is 5. The van der Waals surface area contributed by atoms with Crippen LogP contribution in [0, 0.1) is 19.7 Å². The summed E-state index contributed by atoms with van der Waals surface area (Å²) in [6, 6.07) is 16.6. The smallest absolute Gasteiger partial charge is 0.165 e. The van der Waals surface area contributed by atoms with Crippen LogP contribution in [0.4, 0.5) is 4.39 Å². The highest BCUT2D eigenvalue weighted by Crippen LogP contribution is 2.26. The van der Waals surface area contributed by atoms with Crippen LogP contribution in [0.15, 0.2) is 54.6 Å². The van der Waals surface area contributed by atoms with Crippen molar-refractivity contribution >= 4 is 0 Å². The molecule has 1 atom stereocenters. The Morgan fingerprint density at radius 3 is 2.69 bits per heavy atom. The fourth-order valence-corrected chi connectivity index (χ4v) is 4.61. The molecule has 4 rings (SSSR count). The summed E-state index contributed by atoms with van der Waals surface area (Å²) in [6.45, 7) is 8.12. The number of rotatable bonds is 10. The minimum atomic E-state index is -0.951. The van der Waals surface area contributed by atoms with Gasteiger partial charge in [0.25, 0.3) is 0 Å². The Morgan fingerprint density at radius 1 is 1.03 bits per heavy atom. The van der Waals surface area contributed by atoms with E-state index in [1.807, 2.05) is 23.7 Å². The molecule has 1 unspecified atom stereocenters. The topological polar surface area (TPSA) is 59.8 Å². The third kappa shape index (κ3) is 7.29. The van der Waals surface area contributed by atoms with Gasteiger partial charge in [0.2, 0.25) is 0 Å². The third-order valence-corrected chi connectivity index (χ3v) is 6.53. The van der Waals surface area contributed by atoms with E-state index >= 15 is 0 Å². The first-order valence-corrected chi connectivity index (χ1v) is 12.5. The number of hydrogen-bond donors (Lipinski definition) is 1. The van der Waals surface area contributed by atoms with Crippen LogP contribution in [0.2, 0.25) is 0 Å². The SMILES string of the molecule is Cc1cc(C)n(CCCOc2cccc(CN3CCCC(O)(COc4ccccc4F)CC3)c2)n1. The molecule has 1 aliphatic rings. The van der Waals surface area contributed by atoms with Crippen LogP contribution in [-0.4, -0.2) is 51.7 Å². The molecule has 1 aliphatic heterocycles. The average Bonchev–Trinajstić information content (AvgIpc) is 3.04. The molecule has 2 aromatic carbocycles. The Morgan fingerprint density at radius 2 is 1.89 bits per heavy atom. The predicted octanol–water partition coefficient (Wildman–Crippen LogP) is 4.90. The van der Waals surface area contributed by atoms with Gasteiger partial charge >= 0.3 is 0 Å². The van der Waals surface area contributed by atoms with Crippen molar-refractivity contribution in [1.82, 2.24) is 14.7 Å². The van der Waals surface area contributed by atoms with Gasteiger partial charge in [0.05, 0.1) is 17.9 Å². The van der Waals surface area contributed by atoms with Crippen LogP contribution >= 0.6 is 0 Å². The van der Waals surface area contributed by atoms with Crippen LogP contribution in [0.5, 0.6) is 11.5 Å². The van der Waals surface area contributed by atoms with Crippen molar-refractivity contribution in [3.63, 3.8) is 0 Å². The van der Waals surface area contributed by atoms with Gasteiger partial charge in [0.15, 0.2) is 11.6 Å². The molecule has 188 valence electrons. The third-order valence-electron chi connectivity index (χ3n) is 6.53. The molecular formula is C28H36FN3O3. The maximum absolute atomic E-state index is 13.8. The highest BCUT2D eigenvalue weighted by Gasteiger charge is 2.31. The van der Waals surface area contributed by atoms with Crippen molar-refractivity contribution in [3.05, 3.63) is 77.4 Å². The van der Waals surface area contributed by atoms with Crippen molar-refractivity contribution in [2.45, 2.75) is 58.2 Å². The maximum atomic E-state index is 13.8. The van der Waals surface area contributed by atoms with Crippen LogP contribution in [0.1, 0.15) is 42.6 Å². The Labute approximate surface area is 207 Å². The number of ether oxygens (including phenoxy) is 2. The summed E-state index contributed by atoms with van der Waals surface area (Å²) >= 11 is 0. The first-order chi connectivity index (χ1) is 16.9. The number of aryl methyl sites for hydroxylation is 3. The minimum absolute atomic E-state index is 0.0999. The predicted molar refractivity (Wildman–Crippen MR) is 134 cm³/mol. The first-order valence-electron chi connectivity index (χ1n) is 12.5. The van der Waals surface area contributed by atoms with Gasteiger partial charge < -0.3 is 14.6 Å². The summed E-state index contributed by atoms with van der Waals surface area (Å²) in [6.07, 6.45) is 2.98. The highest BCUT2D eigenvalue weighted by molar-refractivity contribution is 5.28. The molecule has 1 saturated heterocycles. The van der Waals surface area contributed by atoms with E-state index in [1.165, 1.54) is 17.3 Å². The molecule has 2 heterocycles. The number of benzene rings is 2. The molecule has 7 heteroatoms. The fourth-order valence-electron chi connectivity index (χ4n) is 4.61. The van der Waals surface area contributed by atoms with Crippen molar-refractivity contribution in [3.8, 4) is 11.5 Å². The van der Waals surface area contributed by atoms with Gasteiger partial charge in [-0.2, -0.15) is 5.10 Å². The lowest BCUT2D eigenvalue weighted by Gasteiger charge is -2.27. The second kappa shape index (κ2) is 11.7. The van der Waals surface area contributed by atoms with Gasteiger partial charge in [0, 0.05) is 31.7 Å². The number of nitrogens with zero attached hydrogens (tertiary/aromatic N) is 3. The zero-order chi connectivity index (χ0) is 24.7. The fraction of sp³-hybridized carbons (Fsp3) is 0.464. The lowest BCUT2D eigenvalue weighted by Crippen LogP contribution is -2.37. The van der Waals surface area contributed by atoms with Crippen molar-refractivity contribution in [2.75, 3.05) is 26.3 Å². The van der Waals surface area contributed by atoms with Gasteiger partial charge in [-0.1, -0.05) is 24.3 Å². The molecule has 35 heavy (non-hydrogen) atoms. The molecule has 0 saturated carbocycles. The van der Waals surface area contributed by atoms with E-state index in [-0.39, 0.29) is 12.4 Å². The molecule has 1 fully saturated rings. The van der Waals surface area contributed by atoms with E-state index in [4.69, 9.17) is 9.47 Å². The normalized spacial score (nSPS) is 18.9. The molecule has 0 aliphatic carbocycles. The second-order valence-corrected chi connectivity index (χ2v) is 9.57. The Bertz CT molecular complexity index is 1100. The second-order valence-electron chi connectivity index (χ2n) is 9.57. The van der Waals surface area contributed by atoms with Gasteiger partial charge in [-0.3, -0.25) is 9.58 Å². The van der Waals surface area contributed by atoms with Gasteiger partial charge in [-0.25, -0.2) is 4.39 Å². The molecule has 0 amide bonds. The molecule has 0 spiro atoms. The van der Waals surface area contributed by atoms with E-state index in [0.717, 1.165) is 50.5 Å². The molecular weight excluding hydrogens is 445 g/mol. The van der Waals surface area contributed by atoms with Crippen molar-refractivity contribution < 1.29 is 19.0 Å². The van der Waals surface area contributed by atoms with Gasteiger partial charge in [-0.05, 0) is 75.5 Å². The van der Waals surface area contributed by atoms with E-state index < -0.39 is 11.4 Å². The van der Waals surface area contributed by atoms with Crippen LogP contribution < -0.4 is 9.47 Å². The quantitative estimate of drug-likeness (QED) is 0.417. The molecule has 0 radical (unpaired) electrons. The molecule has 3 aromatic rings.